The van der Waals surface area contributed by atoms with Gasteiger partial charge in [-0.3, -0.25) is 19.2 Å². The summed E-state index contributed by atoms with van der Waals surface area (Å²) < 4.78 is 59.3. The number of hydrogen-bond acceptors (Lipinski definition) is 8. The minimum Gasteiger partial charge on any atom is -0.456 e. The molecule has 2 fully saturated rings. The van der Waals surface area contributed by atoms with E-state index in [1.807, 2.05) is 5.32 Å². The molecule has 1 aliphatic carbocycles. The third-order valence-electron chi connectivity index (χ3n) is 4.46. The summed E-state index contributed by atoms with van der Waals surface area (Å²) in [6.07, 6.45) is -9.97. The Labute approximate surface area is 174 Å². The van der Waals surface area contributed by atoms with Gasteiger partial charge in [0.25, 0.3) is 0 Å². The zero-order chi connectivity index (χ0) is 22.8. The molecule has 0 aromatic rings. The van der Waals surface area contributed by atoms with Crippen LogP contribution >= 0.6 is 11.6 Å². The minimum atomic E-state index is -5.16. The van der Waals surface area contributed by atoms with E-state index in [1.165, 1.54) is 0 Å². The van der Waals surface area contributed by atoms with E-state index in [0.717, 1.165) is 20.8 Å². The van der Waals surface area contributed by atoms with Gasteiger partial charge in [0, 0.05) is 20.8 Å². The van der Waals surface area contributed by atoms with Gasteiger partial charge in [0.2, 0.25) is 0 Å². The van der Waals surface area contributed by atoms with Gasteiger partial charge >= 0.3 is 30.0 Å². The fourth-order valence-electron chi connectivity index (χ4n) is 3.24. The number of carbonyl (C=O) groups excluding carboxylic acids is 4. The maximum Gasteiger partial charge on any atom is 0.471 e. The summed E-state index contributed by atoms with van der Waals surface area (Å²) >= 11 is 6.13. The molecule has 0 spiro atoms. The van der Waals surface area contributed by atoms with Crippen LogP contribution in [0.5, 0.6) is 0 Å². The second-order valence-corrected chi connectivity index (χ2v) is 7.44. The highest BCUT2D eigenvalue weighted by atomic mass is 35.5. The smallest absolute Gasteiger partial charge is 0.456 e. The molecule has 1 aliphatic heterocycles. The number of carbonyl (C=O) groups is 4. The van der Waals surface area contributed by atoms with E-state index >= 15 is 0 Å². The second kappa shape index (κ2) is 9.38. The van der Waals surface area contributed by atoms with Crippen LogP contribution in [0.1, 0.15) is 33.6 Å². The van der Waals surface area contributed by atoms with Crippen LogP contribution in [-0.4, -0.2) is 66.0 Å². The summed E-state index contributed by atoms with van der Waals surface area (Å²) in [5.41, 5.74) is -1.46. The van der Waals surface area contributed by atoms with Gasteiger partial charge in [-0.2, -0.15) is 13.2 Å². The Morgan fingerprint density at radius 3 is 1.83 bits per heavy atom. The first-order chi connectivity index (χ1) is 13.8. The number of halogens is 4. The normalized spacial score (nSPS) is 30.0. The van der Waals surface area contributed by atoms with Crippen molar-refractivity contribution < 1.29 is 51.3 Å². The molecule has 0 aromatic carbocycles. The van der Waals surface area contributed by atoms with Gasteiger partial charge in [-0.15, -0.1) is 0 Å². The molecule has 1 amide bonds. The Kier molecular flexibility index (Phi) is 7.56. The minimum absolute atomic E-state index is 0.411. The molecular weight excluding hydrogens is 439 g/mol. The van der Waals surface area contributed by atoms with Crippen molar-refractivity contribution in [2.24, 2.45) is 5.92 Å². The number of amides is 1. The van der Waals surface area contributed by atoms with Crippen molar-refractivity contribution in [1.82, 2.24) is 5.32 Å². The summed E-state index contributed by atoms with van der Waals surface area (Å²) in [7, 11) is 0. The van der Waals surface area contributed by atoms with E-state index in [1.54, 1.807) is 0 Å². The summed E-state index contributed by atoms with van der Waals surface area (Å²) in [5, 5.41) is 1.85. The van der Waals surface area contributed by atoms with Crippen molar-refractivity contribution in [2.75, 3.05) is 0 Å². The molecule has 0 aromatic heterocycles. The Hall–Kier alpha value is -2.08. The van der Waals surface area contributed by atoms with E-state index in [-0.39, 0.29) is 0 Å². The maximum absolute atomic E-state index is 12.8. The second-order valence-electron chi connectivity index (χ2n) is 7.01. The van der Waals surface area contributed by atoms with Gasteiger partial charge in [0.1, 0.15) is 6.10 Å². The third-order valence-corrected chi connectivity index (χ3v) is 4.81. The van der Waals surface area contributed by atoms with Crippen molar-refractivity contribution in [1.29, 1.82) is 0 Å². The van der Waals surface area contributed by atoms with E-state index in [0.29, 0.717) is 12.8 Å². The first-order valence-corrected chi connectivity index (χ1v) is 9.43. The lowest BCUT2D eigenvalue weighted by Gasteiger charge is -2.45. The third kappa shape index (κ3) is 6.21. The Morgan fingerprint density at radius 2 is 1.40 bits per heavy atom. The predicted molar refractivity (Wildman–Crippen MR) is 91.9 cm³/mol. The van der Waals surface area contributed by atoms with Gasteiger partial charge in [-0.1, -0.05) is 11.6 Å². The number of esters is 3. The lowest BCUT2D eigenvalue weighted by molar-refractivity contribution is -0.238. The van der Waals surface area contributed by atoms with Crippen molar-refractivity contribution in [2.45, 2.75) is 75.8 Å². The van der Waals surface area contributed by atoms with E-state index in [2.05, 4.69) is 0 Å². The Bertz CT molecular complexity index is 699. The standard InChI is InChI=1S/C17H21ClF3NO8/c1-6(23)27-12-11(10(9-4-5-9)22-16(26)17(19,20)21)30-15(18)14(29-8(3)25)13(12)28-7(2)24/h9-15H,4-5H2,1-3H3,(H,22,26)/t10-,11-,12+,13+,14-,15-/m1/s1. The number of ether oxygens (including phenoxy) is 4. The lowest BCUT2D eigenvalue weighted by atomic mass is 9.91. The van der Waals surface area contributed by atoms with Gasteiger partial charge in [0.05, 0.1) is 6.04 Å². The first kappa shape index (κ1) is 24.2. The quantitative estimate of drug-likeness (QED) is 0.358. The van der Waals surface area contributed by atoms with Crippen molar-refractivity contribution >= 4 is 35.4 Å². The van der Waals surface area contributed by atoms with E-state index in [9.17, 15) is 32.3 Å². The number of hydrogen-bond donors (Lipinski definition) is 1. The molecule has 1 saturated heterocycles. The monoisotopic (exact) mass is 459 g/mol. The molecule has 170 valence electrons. The number of rotatable bonds is 6. The van der Waals surface area contributed by atoms with Crippen molar-refractivity contribution in [3.63, 3.8) is 0 Å². The summed E-state index contributed by atoms with van der Waals surface area (Å²) in [6.45, 7) is 3.11. The van der Waals surface area contributed by atoms with Gasteiger partial charge in [-0.25, -0.2) is 0 Å². The Morgan fingerprint density at radius 1 is 0.933 bits per heavy atom. The van der Waals surface area contributed by atoms with Crippen molar-refractivity contribution in [3.05, 3.63) is 0 Å². The molecule has 13 heteroatoms. The summed E-state index contributed by atoms with van der Waals surface area (Å²) in [5.74, 6) is -5.14. The molecule has 1 N–H and O–H groups in total. The van der Waals surface area contributed by atoms with Crippen molar-refractivity contribution in [3.8, 4) is 0 Å². The van der Waals surface area contributed by atoms with Crippen LogP contribution in [0.2, 0.25) is 0 Å². The van der Waals surface area contributed by atoms with E-state index in [4.69, 9.17) is 30.5 Å². The van der Waals surface area contributed by atoms with Gasteiger partial charge < -0.3 is 24.3 Å². The van der Waals surface area contributed by atoms with Crippen LogP contribution < -0.4 is 5.32 Å². The number of nitrogens with one attached hydrogen (secondary N) is 1. The summed E-state index contributed by atoms with van der Waals surface area (Å²) in [6, 6.07) is -1.25. The average Bonchev–Trinajstić information content (AvgIpc) is 3.41. The van der Waals surface area contributed by atoms with Crippen LogP contribution in [0.4, 0.5) is 13.2 Å². The highest BCUT2D eigenvalue weighted by molar-refractivity contribution is 6.20. The van der Waals surface area contributed by atoms with Gasteiger partial charge in [-0.05, 0) is 18.8 Å². The highest BCUT2D eigenvalue weighted by Crippen LogP contribution is 2.40. The topological polar surface area (TPSA) is 117 Å². The van der Waals surface area contributed by atoms with Crippen LogP contribution in [0.25, 0.3) is 0 Å². The Balaban J connectivity index is 2.41. The van der Waals surface area contributed by atoms with Crippen LogP contribution in [0, 0.1) is 5.92 Å². The average molecular weight is 460 g/mol. The molecule has 6 atom stereocenters. The molecule has 1 saturated carbocycles. The zero-order valence-corrected chi connectivity index (χ0v) is 17.0. The SMILES string of the molecule is CC(=O)O[C@@H]1[C@H](OC(C)=O)[C@@H](OC(C)=O)[C@H](Cl)O[C@@H]1[C@H](NC(=O)C(F)(F)F)C1CC1. The van der Waals surface area contributed by atoms with Crippen LogP contribution in [0.3, 0.4) is 0 Å². The fraction of sp³-hybridized carbons (Fsp3) is 0.765. The molecule has 2 rings (SSSR count). The molecule has 9 nitrogen and oxygen atoms in total. The van der Waals surface area contributed by atoms with E-state index < -0.39 is 71.9 Å². The molecule has 0 bridgehead atoms. The molecule has 30 heavy (non-hydrogen) atoms. The zero-order valence-electron chi connectivity index (χ0n) is 16.2. The first-order valence-electron chi connectivity index (χ1n) is 9.00. The largest absolute Gasteiger partial charge is 0.471 e. The molecule has 1 heterocycles. The summed E-state index contributed by atoms with van der Waals surface area (Å²) in [4.78, 5) is 46.3. The predicted octanol–water partition coefficient (Wildman–Crippen LogP) is 1.20. The molecule has 2 aliphatic rings. The van der Waals surface area contributed by atoms with Crippen LogP contribution in [0.15, 0.2) is 0 Å². The molecule has 0 unspecified atom stereocenters. The molecular formula is C17H21ClF3NO8. The number of alkyl halides is 4. The maximum atomic E-state index is 12.8. The van der Waals surface area contributed by atoms with Crippen LogP contribution in [-0.2, 0) is 38.1 Å². The fourth-order valence-corrected chi connectivity index (χ4v) is 3.55. The molecule has 0 radical (unpaired) electrons. The van der Waals surface area contributed by atoms with Gasteiger partial charge in [0.15, 0.2) is 23.9 Å². The lowest BCUT2D eigenvalue weighted by Crippen LogP contribution is -2.66. The highest BCUT2D eigenvalue weighted by Gasteiger charge is 2.56.